The van der Waals surface area contributed by atoms with E-state index in [4.69, 9.17) is 10.2 Å². The Morgan fingerprint density at radius 2 is 1.44 bits per heavy atom. The summed E-state index contributed by atoms with van der Waals surface area (Å²) in [6.45, 7) is 2.31. The average Bonchev–Trinajstić information content (AvgIpc) is 2.61. The Morgan fingerprint density at radius 3 is 2.04 bits per heavy atom. The normalized spacial score (nSPS) is 21.8. The number of aliphatic hydroxyl groups excluding tert-OH is 7. The predicted octanol–water partition coefficient (Wildman–Crippen LogP) is -2.75. The van der Waals surface area contributed by atoms with Crippen LogP contribution in [0.25, 0.3) is 0 Å². The number of rotatable bonds is 14. The second-order valence-corrected chi connectivity index (χ2v) is 7.61. The fraction of sp³-hybridized carbons (Fsp3) is 1.00. The van der Waals surface area contributed by atoms with Gasteiger partial charge in [0.15, 0.2) is 0 Å². The molecule has 1 saturated heterocycles. The topological polar surface area (TPSA) is 157 Å². The molecule has 1 fully saturated rings. The summed E-state index contributed by atoms with van der Waals surface area (Å²) in [4.78, 5) is 1.85. The fourth-order valence-corrected chi connectivity index (χ4v) is 3.54. The van der Waals surface area contributed by atoms with Crippen LogP contribution in [0.4, 0.5) is 0 Å². The third kappa shape index (κ3) is 10.1. The molecule has 0 amide bonds. The van der Waals surface area contributed by atoms with E-state index in [0.29, 0.717) is 12.5 Å². The number of hydrogen-bond acceptors (Lipinski definition) is 9. The fourth-order valence-electron chi connectivity index (χ4n) is 3.54. The number of hydrogen-bond donors (Lipinski definition) is 8. The van der Waals surface area contributed by atoms with Crippen LogP contribution in [0.3, 0.4) is 0 Å². The van der Waals surface area contributed by atoms with Crippen molar-refractivity contribution in [3.05, 3.63) is 0 Å². The first kappa shape index (κ1) is 24.7. The molecule has 9 heteroatoms. The summed E-state index contributed by atoms with van der Waals surface area (Å²) in [6, 6.07) is 0. The Kier molecular flexibility index (Phi) is 12.6. The van der Waals surface area contributed by atoms with E-state index in [1.807, 2.05) is 4.90 Å². The van der Waals surface area contributed by atoms with E-state index in [1.54, 1.807) is 0 Å². The number of nitrogens with one attached hydrogen (secondary N) is 1. The van der Waals surface area contributed by atoms with E-state index in [0.717, 1.165) is 25.9 Å². The molecule has 5 atom stereocenters. The van der Waals surface area contributed by atoms with Gasteiger partial charge >= 0.3 is 0 Å². The maximum atomic E-state index is 10.3. The Labute approximate surface area is 161 Å². The van der Waals surface area contributed by atoms with Crippen LogP contribution in [0, 0.1) is 5.92 Å². The van der Waals surface area contributed by atoms with Crippen LogP contribution in [0.15, 0.2) is 0 Å². The zero-order valence-electron chi connectivity index (χ0n) is 16.0. The van der Waals surface area contributed by atoms with E-state index < -0.39 is 30.5 Å². The Bertz CT molecular complexity index is 372. The smallest absolute Gasteiger partial charge is 0.107 e. The van der Waals surface area contributed by atoms with E-state index in [2.05, 4.69) is 5.32 Å². The lowest BCUT2D eigenvalue weighted by molar-refractivity contribution is -0.0790. The van der Waals surface area contributed by atoms with Gasteiger partial charge in [-0.3, -0.25) is 4.90 Å². The molecular formula is C18H38N2O7. The molecule has 0 spiro atoms. The van der Waals surface area contributed by atoms with Gasteiger partial charge in [-0.2, -0.15) is 0 Å². The van der Waals surface area contributed by atoms with Crippen molar-refractivity contribution < 1.29 is 35.7 Å². The highest BCUT2D eigenvalue weighted by molar-refractivity contribution is 4.81. The predicted molar refractivity (Wildman–Crippen MR) is 100 cm³/mol. The first-order valence-electron chi connectivity index (χ1n) is 9.92. The number of aliphatic hydroxyl groups is 7. The first-order valence-corrected chi connectivity index (χ1v) is 9.92. The Balaban J connectivity index is 2.62. The number of piperidine rings is 1. The van der Waals surface area contributed by atoms with Crippen LogP contribution < -0.4 is 5.32 Å². The molecular weight excluding hydrogens is 356 g/mol. The lowest BCUT2D eigenvalue weighted by Crippen LogP contribution is -2.48. The standard InChI is InChI=1S/C18H38N2O7/c21-7-3-14(23)9-15(24)11-20(10-13-1-5-19-6-2-13)12-17(26)18(27)16(25)4-8-22/h13-19,21-27H,1-12H2/t14-,15-,16-,17+,18+/m1/s1. The molecule has 0 aliphatic carbocycles. The van der Waals surface area contributed by atoms with E-state index in [1.165, 1.54) is 0 Å². The van der Waals surface area contributed by atoms with Crippen LogP contribution in [0.2, 0.25) is 0 Å². The summed E-state index contributed by atoms with van der Waals surface area (Å²) >= 11 is 0. The molecule has 0 saturated carbocycles. The molecule has 0 bridgehead atoms. The second kappa shape index (κ2) is 13.8. The van der Waals surface area contributed by atoms with Gasteiger partial charge in [0.25, 0.3) is 0 Å². The van der Waals surface area contributed by atoms with Crippen LogP contribution >= 0.6 is 0 Å². The zero-order valence-corrected chi connectivity index (χ0v) is 16.0. The van der Waals surface area contributed by atoms with Gasteiger partial charge in [0.1, 0.15) is 6.10 Å². The van der Waals surface area contributed by atoms with Crippen molar-refractivity contribution in [2.24, 2.45) is 5.92 Å². The molecule has 0 unspecified atom stereocenters. The van der Waals surface area contributed by atoms with Crippen molar-refractivity contribution in [3.8, 4) is 0 Å². The summed E-state index contributed by atoms with van der Waals surface area (Å²) in [6.07, 6.45) is -3.21. The molecule has 27 heavy (non-hydrogen) atoms. The maximum absolute atomic E-state index is 10.3. The van der Waals surface area contributed by atoms with Crippen molar-refractivity contribution in [2.75, 3.05) is 45.9 Å². The molecule has 1 aliphatic rings. The van der Waals surface area contributed by atoms with Gasteiger partial charge in [-0.1, -0.05) is 0 Å². The van der Waals surface area contributed by atoms with Gasteiger partial charge in [0.05, 0.1) is 24.4 Å². The third-order valence-electron chi connectivity index (χ3n) is 5.11. The van der Waals surface area contributed by atoms with Crippen LogP contribution in [-0.2, 0) is 0 Å². The van der Waals surface area contributed by atoms with Crippen molar-refractivity contribution in [2.45, 2.75) is 62.6 Å². The summed E-state index contributed by atoms with van der Waals surface area (Å²) in [5.41, 5.74) is 0. The minimum Gasteiger partial charge on any atom is -0.396 e. The lowest BCUT2D eigenvalue weighted by atomic mass is 9.96. The average molecular weight is 395 g/mol. The quantitative estimate of drug-likeness (QED) is 0.156. The summed E-state index contributed by atoms with van der Waals surface area (Å²) in [7, 11) is 0. The van der Waals surface area contributed by atoms with Gasteiger partial charge in [-0.05, 0) is 44.7 Å². The molecule has 1 rings (SSSR count). The lowest BCUT2D eigenvalue weighted by Gasteiger charge is -2.34. The number of nitrogens with zero attached hydrogens (tertiary/aromatic N) is 1. The van der Waals surface area contributed by atoms with Gasteiger partial charge in [-0.15, -0.1) is 0 Å². The van der Waals surface area contributed by atoms with Crippen molar-refractivity contribution >= 4 is 0 Å². The van der Waals surface area contributed by atoms with Gasteiger partial charge in [-0.25, -0.2) is 0 Å². The minimum atomic E-state index is -1.38. The van der Waals surface area contributed by atoms with E-state index in [-0.39, 0.29) is 45.6 Å². The minimum absolute atomic E-state index is 0.0253. The van der Waals surface area contributed by atoms with Crippen LogP contribution in [0.1, 0.15) is 32.1 Å². The summed E-state index contributed by atoms with van der Waals surface area (Å²) < 4.78 is 0. The van der Waals surface area contributed by atoms with Gasteiger partial charge in [0, 0.05) is 39.3 Å². The van der Waals surface area contributed by atoms with Gasteiger partial charge < -0.3 is 41.1 Å². The van der Waals surface area contributed by atoms with Crippen molar-refractivity contribution in [1.82, 2.24) is 10.2 Å². The third-order valence-corrected chi connectivity index (χ3v) is 5.11. The van der Waals surface area contributed by atoms with E-state index >= 15 is 0 Å². The van der Waals surface area contributed by atoms with Crippen molar-refractivity contribution in [1.29, 1.82) is 0 Å². The van der Waals surface area contributed by atoms with Crippen LogP contribution in [0.5, 0.6) is 0 Å². The molecule has 1 aliphatic heterocycles. The summed E-state index contributed by atoms with van der Waals surface area (Å²) in [5.74, 6) is 0.396. The zero-order chi connectivity index (χ0) is 20.2. The molecule has 0 aromatic heterocycles. The molecule has 8 N–H and O–H groups in total. The van der Waals surface area contributed by atoms with E-state index in [9.17, 15) is 25.5 Å². The molecule has 162 valence electrons. The second-order valence-electron chi connectivity index (χ2n) is 7.61. The largest absolute Gasteiger partial charge is 0.396 e. The summed E-state index contributed by atoms with van der Waals surface area (Å²) in [5, 5.41) is 71.2. The highest BCUT2D eigenvalue weighted by Gasteiger charge is 2.28. The Hall–Kier alpha value is -0.360. The van der Waals surface area contributed by atoms with Crippen LogP contribution in [-0.4, -0.2) is 117 Å². The first-order chi connectivity index (χ1) is 12.9. The van der Waals surface area contributed by atoms with Gasteiger partial charge in [0.2, 0.25) is 0 Å². The molecule has 0 radical (unpaired) electrons. The monoisotopic (exact) mass is 394 g/mol. The molecule has 0 aromatic rings. The van der Waals surface area contributed by atoms with Crippen molar-refractivity contribution in [3.63, 3.8) is 0 Å². The molecule has 0 aromatic carbocycles. The Morgan fingerprint density at radius 1 is 0.815 bits per heavy atom. The molecule has 1 heterocycles. The maximum Gasteiger partial charge on any atom is 0.107 e. The highest BCUT2D eigenvalue weighted by atomic mass is 16.4. The highest BCUT2D eigenvalue weighted by Crippen LogP contribution is 2.16. The SMILES string of the molecule is OCC[C@@H](O)C[C@@H](O)CN(CC1CCNCC1)C[C@H](O)[C@@H](O)[C@H](O)CCO. The molecule has 9 nitrogen and oxygen atoms in total.